The van der Waals surface area contributed by atoms with Gasteiger partial charge in [0.1, 0.15) is 42.1 Å². The number of nitrogens with one attached hydrogen (secondary N) is 2. The van der Waals surface area contributed by atoms with Gasteiger partial charge in [-0.25, -0.2) is 13.6 Å². The van der Waals surface area contributed by atoms with Gasteiger partial charge in [-0.2, -0.15) is 22.8 Å². The summed E-state index contributed by atoms with van der Waals surface area (Å²) in [6, 6.07) is 23.5. The van der Waals surface area contributed by atoms with E-state index in [4.69, 9.17) is 0 Å². The Labute approximate surface area is 277 Å². The Morgan fingerprint density at radius 2 is 1.51 bits per heavy atom. The lowest BCUT2D eigenvalue weighted by molar-refractivity contribution is -0.253. The third-order valence-corrected chi connectivity index (χ3v) is 9.38. The van der Waals surface area contributed by atoms with Gasteiger partial charge in [-0.05, 0) is 65.9 Å². The maximum Gasteiger partial charge on any atom is 0.461 e. The van der Waals surface area contributed by atoms with Crippen LogP contribution < -0.4 is 25.6 Å². The molecule has 5 rings (SSSR count). The molecule has 0 saturated heterocycles. The van der Waals surface area contributed by atoms with E-state index in [0.717, 1.165) is 24.3 Å². The third-order valence-electron chi connectivity index (χ3n) is 7.90. The fraction of sp³-hybridized carbons (Fsp3) is 0.200. The van der Waals surface area contributed by atoms with Gasteiger partial charge in [0.05, 0.1) is 5.54 Å². The number of rotatable bonds is 12. The van der Waals surface area contributed by atoms with Crippen LogP contribution in [0.25, 0.3) is 0 Å². The molecule has 4 aromatic carbocycles. The SMILES string of the molecule is N#CC(C(=O)C1(NC(=O)N[C@](Cc2ccccc2)(c2ccc(F)cc2)c2cc(F)cc(OC(F)(F)C(F)F)c2)CC1)=[P+]([O-])c1ccccc1. The first-order valence-electron chi connectivity index (χ1n) is 14.7. The van der Waals surface area contributed by atoms with Crippen molar-refractivity contribution in [2.24, 2.45) is 0 Å². The number of benzene rings is 4. The van der Waals surface area contributed by atoms with Crippen molar-refractivity contribution < 1.29 is 45.6 Å². The van der Waals surface area contributed by atoms with Gasteiger partial charge in [-0.1, -0.05) is 60.7 Å². The molecule has 14 heteroatoms. The van der Waals surface area contributed by atoms with E-state index >= 15 is 4.39 Å². The lowest BCUT2D eigenvalue weighted by Crippen LogP contribution is -2.57. The summed E-state index contributed by atoms with van der Waals surface area (Å²) in [7, 11) is -2.61. The average Bonchev–Trinajstić information content (AvgIpc) is 3.85. The molecule has 1 aliphatic rings. The van der Waals surface area contributed by atoms with E-state index in [2.05, 4.69) is 15.4 Å². The molecule has 1 aliphatic carbocycles. The second-order valence-corrected chi connectivity index (χ2v) is 12.8. The van der Waals surface area contributed by atoms with Crippen LogP contribution >= 0.6 is 7.77 Å². The number of Topliss-reactive ketones (excluding diaryl/α,β-unsaturated/α-hetero) is 1. The Balaban J connectivity index is 1.59. The highest BCUT2D eigenvalue weighted by Gasteiger charge is 2.55. The number of ether oxygens (including phenoxy) is 1. The van der Waals surface area contributed by atoms with E-state index in [1.54, 1.807) is 54.6 Å². The predicted octanol–water partition coefficient (Wildman–Crippen LogP) is 5.87. The number of nitriles is 1. The van der Waals surface area contributed by atoms with Crippen LogP contribution in [0.3, 0.4) is 0 Å². The highest BCUT2D eigenvalue weighted by atomic mass is 31.1. The van der Waals surface area contributed by atoms with Crippen molar-refractivity contribution in [3.8, 4) is 11.8 Å². The number of carbonyl (C=O) groups excluding carboxylic acids is 2. The van der Waals surface area contributed by atoms with Crippen LogP contribution in [-0.4, -0.2) is 35.2 Å². The van der Waals surface area contributed by atoms with Crippen molar-refractivity contribution in [1.29, 1.82) is 5.26 Å². The van der Waals surface area contributed by atoms with E-state index in [-0.39, 0.29) is 35.7 Å². The number of halogens is 6. The molecule has 2 amide bonds. The fourth-order valence-electron chi connectivity index (χ4n) is 5.35. The first-order valence-corrected chi connectivity index (χ1v) is 15.9. The number of hydrogen-bond acceptors (Lipinski definition) is 5. The summed E-state index contributed by atoms with van der Waals surface area (Å²) in [6.45, 7) is 0. The molecule has 0 bridgehead atoms. The van der Waals surface area contributed by atoms with E-state index in [1.165, 1.54) is 24.3 Å². The van der Waals surface area contributed by atoms with Crippen molar-refractivity contribution in [1.82, 2.24) is 10.6 Å². The number of amides is 2. The smallest absolute Gasteiger partial charge is 0.461 e. The topological polar surface area (TPSA) is 114 Å². The Morgan fingerprint density at radius 1 is 0.898 bits per heavy atom. The number of nitrogens with zero attached hydrogens (tertiary/aromatic N) is 1. The van der Waals surface area contributed by atoms with E-state index < -0.39 is 65.9 Å². The molecule has 1 unspecified atom stereocenters. The largest absolute Gasteiger partial charge is 0.625 e. The molecule has 7 nitrogen and oxygen atoms in total. The zero-order valence-electron chi connectivity index (χ0n) is 25.3. The second kappa shape index (κ2) is 14.1. The van der Waals surface area contributed by atoms with Gasteiger partial charge < -0.3 is 20.3 Å². The van der Waals surface area contributed by atoms with Crippen LogP contribution in [0.2, 0.25) is 0 Å². The molecule has 0 spiro atoms. The molecule has 252 valence electrons. The summed E-state index contributed by atoms with van der Waals surface area (Å²) in [4.78, 5) is 40.7. The maximum atomic E-state index is 15.1. The monoisotopic (exact) mass is 697 g/mol. The summed E-state index contributed by atoms with van der Waals surface area (Å²) in [5.41, 5.74) is -3.21. The standard InChI is InChI=1S/C35H26F6N3O4P/c36-25-13-11-23(12-14-25)34(20-22-7-3-1-4-8-22,24-17-26(37)19-27(18-24)48-35(40,41)31(38)39)44-32(46)43-33(15-16-33)30(45)29(21-42)49(47)28-9-5-2-6-10-28/h1-14,17-19,31H,15-16,20H2,(H2,43,44,46)/t34-/m1/s1. The van der Waals surface area contributed by atoms with Crippen LogP contribution in [0.5, 0.6) is 5.75 Å². The first-order chi connectivity index (χ1) is 23.3. The third kappa shape index (κ3) is 7.77. The molecule has 1 saturated carbocycles. The Hall–Kier alpha value is -5.18. The van der Waals surface area contributed by atoms with Gasteiger partial charge in [0.15, 0.2) is 0 Å². The molecule has 4 aromatic rings. The van der Waals surface area contributed by atoms with Crippen LogP contribution in [0.4, 0.5) is 31.1 Å². The van der Waals surface area contributed by atoms with Crippen LogP contribution in [0.15, 0.2) is 103 Å². The summed E-state index contributed by atoms with van der Waals surface area (Å²) < 4.78 is 87.4. The van der Waals surface area contributed by atoms with Crippen LogP contribution in [-0.2, 0) is 16.8 Å². The molecule has 1 fully saturated rings. The highest BCUT2D eigenvalue weighted by Crippen LogP contribution is 2.40. The second-order valence-electron chi connectivity index (χ2n) is 11.3. The first kappa shape index (κ1) is 35.1. The summed E-state index contributed by atoms with van der Waals surface area (Å²) in [6.07, 6.45) is -9.33. The quantitative estimate of drug-likeness (QED) is 0.142. The molecule has 2 N–H and O–H groups in total. The minimum Gasteiger partial charge on any atom is -0.625 e. The molecule has 2 atom stereocenters. The van der Waals surface area contributed by atoms with E-state index in [1.807, 2.05) is 0 Å². The number of alkyl halides is 4. The molecule has 0 radical (unpaired) electrons. The van der Waals surface area contributed by atoms with Crippen LogP contribution in [0, 0.1) is 23.0 Å². The van der Waals surface area contributed by atoms with Crippen molar-refractivity contribution >= 4 is 30.2 Å². The van der Waals surface area contributed by atoms with Gasteiger partial charge in [0, 0.05) is 12.5 Å². The molecule has 0 aliphatic heterocycles. The molecular formula is C35H26F6N3O4P. The van der Waals surface area contributed by atoms with Gasteiger partial charge in [-0.3, -0.25) is 4.79 Å². The summed E-state index contributed by atoms with van der Waals surface area (Å²) in [5, 5.41) is 14.7. The number of carbonyl (C=O) groups is 2. The summed E-state index contributed by atoms with van der Waals surface area (Å²) in [5.74, 6) is -3.74. The molecule has 0 heterocycles. The molecular weight excluding hydrogens is 671 g/mol. The minimum atomic E-state index is -5.00. The number of urea groups is 1. The maximum absolute atomic E-state index is 15.1. The highest BCUT2D eigenvalue weighted by molar-refractivity contribution is 7.62. The number of hydrogen-bond donors (Lipinski definition) is 2. The molecule has 49 heavy (non-hydrogen) atoms. The van der Waals surface area contributed by atoms with Crippen LogP contribution in [0.1, 0.15) is 29.5 Å². The number of ketones is 1. The Morgan fingerprint density at radius 3 is 2.08 bits per heavy atom. The Bertz CT molecular complexity index is 1920. The van der Waals surface area contributed by atoms with E-state index in [0.29, 0.717) is 11.6 Å². The zero-order chi connectivity index (χ0) is 35.4. The van der Waals surface area contributed by atoms with E-state index in [9.17, 15) is 41.7 Å². The van der Waals surface area contributed by atoms with Gasteiger partial charge >= 0.3 is 18.6 Å². The predicted molar refractivity (Wildman–Crippen MR) is 168 cm³/mol. The summed E-state index contributed by atoms with van der Waals surface area (Å²) >= 11 is 0. The zero-order valence-corrected chi connectivity index (χ0v) is 26.2. The van der Waals surface area contributed by atoms with Crippen molar-refractivity contribution in [2.75, 3.05) is 0 Å². The van der Waals surface area contributed by atoms with Gasteiger partial charge in [0.25, 0.3) is 5.29 Å². The minimum absolute atomic E-state index is 0.0747. The van der Waals surface area contributed by atoms with Gasteiger partial charge in [0.2, 0.25) is 5.78 Å². The van der Waals surface area contributed by atoms with Crippen molar-refractivity contribution in [3.05, 3.63) is 131 Å². The van der Waals surface area contributed by atoms with Gasteiger partial charge in [-0.15, -0.1) is 0 Å². The van der Waals surface area contributed by atoms with Crippen molar-refractivity contribution in [2.45, 2.75) is 42.9 Å². The molecule has 0 aromatic heterocycles. The lowest BCUT2D eigenvalue weighted by atomic mass is 9.77. The van der Waals surface area contributed by atoms with Crippen molar-refractivity contribution in [3.63, 3.8) is 0 Å². The normalized spacial score (nSPS) is 15.3. The Kier molecular flexibility index (Phi) is 10.1. The lowest BCUT2D eigenvalue weighted by Gasteiger charge is -2.37. The fourth-order valence-corrected chi connectivity index (χ4v) is 6.54. The average molecular weight is 698 g/mol.